The van der Waals surface area contributed by atoms with Crippen LogP contribution >= 0.6 is 0 Å². The van der Waals surface area contributed by atoms with E-state index >= 15 is 0 Å². The maximum atomic E-state index is 3.73. The third-order valence-corrected chi connectivity index (χ3v) is 4.00. The van der Waals surface area contributed by atoms with Crippen LogP contribution in [0.3, 0.4) is 0 Å². The van der Waals surface area contributed by atoms with Gasteiger partial charge in [-0.25, -0.2) is 0 Å². The molecular weight excluding hydrogens is 208 g/mol. The molecular formula is C15H32N2. The van der Waals surface area contributed by atoms with Gasteiger partial charge in [0.1, 0.15) is 0 Å². The molecule has 1 unspecified atom stereocenters. The number of nitrogens with one attached hydrogen (secondary N) is 1. The van der Waals surface area contributed by atoms with Crippen LogP contribution in [0.1, 0.15) is 53.9 Å². The van der Waals surface area contributed by atoms with Gasteiger partial charge < -0.3 is 10.2 Å². The minimum absolute atomic E-state index is 0.359. The lowest BCUT2D eigenvalue weighted by atomic mass is 9.85. The summed E-state index contributed by atoms with van der Waals surface area (Å²) in [6, 6.07) is 0.621. The van der Waals surface area contributed by atoms with E-state index in [1.54, 1.807) is 0 Å². The molecule has 1 aliphatic heterocycles. The van der Waals surface area contributed by atoms with Crippen molar-refractivity contribution in [2.24, 2.45) is 11.3 Å². The lowest BCUT2D eigenvalue weighted by Crippen LogP contribution is -2.50. The summed E-state index contributed by atoms with van der Waals surface area (Å²) in [5.41, 5.74) is 0.359. The number of likely N-dealkylation sites (tertiary alicyclic amines) is 1. The quantitative estimate of drug-likeness (QED) is 0.794. The molecule has 1 atom stereocenters. The van der Waals surface area contributed by atoms with Crippen molar-refractivity contribution in [2.75, 3.05) is 26.2 Å². The van der Waals surface area contributed by atoms with E-state index < -0.39 is 0 Å². The lowest BCUT2D eigenvalue weighted by molar-refractivity contribution is 0.136. The van der Waals surface area contributed by atoms with Gasteiger partial charge in [-0.15, -0.1) is 0 Å². The summed E-state index contributed by atoms with van der Waals surface area (Å²) >= 11 is 0. The summed E-state index contributed by atoms with van der Waals surface area (Å²) in [5, 5.41) is 3.73. The molecule has 1 fully saturated rings. The number of nitrogens with zero attached hydrogens (tertiary/aromatic N) is 1. The molecule has 2 nitrogen and oxygen atoms in total. The summed E-state index contributed by atoms with van der Waals surface area (Å²) in [4.78, 5) is 2.65. The van der Waals surface area contributed by atoms with E-state index in [-0.39, 0.29) is 0 Å². The summed E-state index contributed by atoms with van der Waals surface area (Å²) in [7, 11) is 0. The van der Waals surface area contributed by atoms with Gasteiger partial charge in [-0.05, 0) is 50.2 Å². The maximum absolute atomic E-state index is 3.73. The molecule has 2 heteroatoms. The van der Waals surface area contributed by atoms with Gasteiger partial charge in [-0.1, -0.05) is 34.6 Å². The number of hydrogen-bond donors (Lipinski definition) is 1. The molecule has 0 bridgehead atoms. The number of hydrogen-bond acceptors (Lipinski definition) is 2. The molecule has 0 saturated carbocycles. The maximum Gasteiger partial charge on any atom is 0.0243 e. The van der Waals surface area contributed by atoms with E-state index in [1.165, 1.54) is 38.9 Å². The second-order valence-electron chi connectivity index (χ2n) is 6.86. The Hall–Kier alpha value is -0.0800. The molecule has 102 valence electrons. The van der Waals surface area contributed by atoms with Gasteiger partial charge in [0.15, 0.2) is 0 Å². The molecule has 1 saturated heterocycles. The predicted octanol–water partition coefficient (Wildman–Crippen LogP) is 3.13. The van der Waals surface area contributed by atoms with E-state index in [2.05, 4.69) is 44.8 Å². The standard InChI is InChI=1S/C15H32N2/c1-6-9-16-14(15(3,4)5)12-17-10-7-13(2)8-11-17/h13-14,16H,6-12H2,1-5H3. The Morgan fingerprint density at radius 3 is 2.29 bits per heavy atom. The SMILES string of the molecule is CCCNC(CN1CCC(C)CC1)C(C)(C)C. The van der Waals surface area contributed by atoms with E-state index in [4.69, 9.17) is 0 Å². The highest BCUT2D eigenvalue weighted by Crippen LogP contribution is 2.23. The monoisotopic (exact) mass is 240 g/mol. The molecule has 0 aromatic rings. The zero-order valence-corrected chi connectivity index (χ0v) is 12.6. The highest BCUT2D eigenvalue weighted by atomic mass is 15.2. The van der Waals surface area contributed by atoms with Crippen LogP contribution in [0.25, 0.3) is 0 Å². The van der Waals surface area contributed by atoms with E-state index in [0.717, 1.165) is 12.5 Å². The van der Waals surface area contributed by atoms with Crippen LogP contribution in [0.5, 0.6) is 0 Å². The largest absolute Gasteiger partial charge is 0.312 e. The summed E-state index contributed by atoms with van der Waals surface area (Å²) < 4.78 is 0. The Labute approximate surface area is 108 Å². The zero-order chi connectivity index (χ0) is 12.9. The minimum Gasteiger partial charge on any atom is -0.312 e. The number of rotatable bonds is 5. The second kappa shape index (κ2) is 6.75. The molecule has 0 aliphatic carbocycles. The minimum atomic E-state index is 0.359. The van der Waals surface area contributed by atoms with Gasteiger partial charge in [0.2, 0.25) is 0 Å². The normalized spacial score (nSPS) is 21.7. The van der Waals surface area contributed by atoms with E-state index in [0.29, 0.717) is 11.5 Å². The van der Waals surface area contributed by atoms with E-state index in [9.17, 15) is 0 Å². The van der Waals surface area contributed by atoms with Crippen molar-refractivity contribution in [3.63, 3.8) is 0 Å². The van der Waals surface area contributed by atoms with Crippen molar-refractivity contribution in [1.82, 2.24) is 10.2 Å². The molecule has 1 heterocycles. The van der Waals surface area contributed by atoms with Gasteiger partial charge in [-0.3, -0.25) is 0 Å². The van der Waals surface area contributed by atoms with Crippen molar-refractivity contribution in [3.05, 3.63) is 0 Å². The van der Waals surface area contributed by atoms with Crippen LogP contribution < -0.4 is 5.32 Å². The highest BCUT2D eigenvalue weighted by Gasteiger charge is 2.27. The third-order valence-electron chi connectivity index (χ3n) is 4.00. The summed E-state index contributed by atoms with van der Waals surface area (Å²) in [6.07, 6.45) is 3.99. The first-order valence-electron chi connectivity index (χ1n) is 7.39. The first-order chi connectivity index (χ1) is 7.93. The Bertz CT molecular complexity index is 199. The van der Waals surface area contributed by atoms with Crippen molar-refractivity contribution in [3.8, 4) is 0 Å². The topological polar surface area (TPSA) is 15.3 Å². The van der Waals surface area contributed by atoms with Crippen molar-refractivity contribution in [1.29, 1.82) is 0 Å². The van der Waals surface area contributed by atoms with Gasteiger partial charge in [0, 0.05) is 12.6 Å². The molecule has 0 aromatic carbocycles. The fourth-order valence-corrected chi connectivity index (χ4v) is 2.47. The molecule has 1 aliphatic rings. The summed E-state index contributed by atoms with van der Waals surface area (Å²) in [5.74, 6) is 0.933. The molecule has 0 spiro atoms. The first kappa shape index (κ1) is 15.0. The molecule has 17 heavy (non-hydrogen) atoms. The van der Waals surface area contributed by atoms with Gasteiger partial charge in [-0.2, -0.15) is 0 Å². The summed E-state index contributed by atoms with van der Waals surface area (Å²) in [6.45, 7) is 16.6. The molecule has 0 aromatic heterocycles. The molecule has 0 amide bonds. The Morgan fingerprint density at radius 1 is 1.24 bits per heavy atom. The van der Waals surface area contributed by atoms with Crippen LogP contribution in [0, 0.1) is 11.3 Å². The third kappa shape index (κ3) is 5.39. The second-order valence-corrected chi connectivity index (χ2v) is 6.86. The predicted molar refractivity (Wildman–Crippen MR) is 76.4 cm³/mol. The average Bonchev–Trinajstić information content (AvgIpc) is 2.25. The first-order valence-corrected chi connectivity index (χ1v) is 7.39. The molecule has 1 N–H and O–H groups in total. The van der Waals surface area contributed by atoms with Crippen LogP contribution in [-0.4, -0.2) is 37.1 Å². The van der Waals surface area contributed by atoms with Crippen molar-refractivity contribution < 1.29 is 0 Å². The van der Waals surface area contributed by atoms with E-state index in [1.807, 2.05) is 0 Å². The molecule has 1 rings (SSSR count). The fraction of sp³-hybridized carbons (Fsp3) is 1.00. The fourth-order valence-electron chi connectivity index (χ4n) is 2.47. The van der Waals surface area contributed by atoms with Crippen molar-refractivity contribution in [2.45, 2.75) is 59.9 Å². The lowest BCUT2D eigenvalue weighted by Gasteiger charge is -2.38. The Morgan fingerprint density at radius 2 is 1.82 bits per heavy atom. The number of piperidine rings is 1. The highest BCUT2D eigenvalue weighted by molar-refractivity contribution is 4.84. The van der Waals surface area contributed by atoms with Crippen LogP contribution in [0.15, 0.2) is 0 Å². The molecule has 0 radical (unpaired) electrons. The Balaban J connectivity index is 2.42. The van der Waals surface area contributed by atoms with Gasteiger partial charge >= 0.3 is 0 Å². The van der Waals surface area contributed by atoms with Gasteiger partial charge in [0.05, 0.1) is 0 Å². The van der Waals surface area contributed by atoms with Crippen LogP contribution in [-0.2, 0) is 0 Å². The van der Waals surface area contributed by atoms with Gasteiger partial charge in [0.25, 0.3) is 0 Å². The van der Waals surface area contributed by atoms with Crippen LogP contribution in [0.4, 0.5) is 0 Å². The van der Waals surface area contributed by atoms with Crippen molar-refractivity contribution >= 4 is 0 Å². The average molecular weight is 240 g/mol. The van der Waals surface area contributed by atoms with Crippen LogP contribution in [0.2, 0.25) is 0 Å². The Kier molecular flexibility index (Phi) is 5.94. The zero-order valence-electron chi connectivity index (χ0n) is 12.6. The smallest absolute Gasteiger partial charge is 0.0243 e.